The number of likely N-dealkylation sites (tertiary alicyclic amines) is 1. The summed E-state index contributed by atoms with van der Waals surface area (Å²) in [6.45, 7) is 4.85. The van der Waals surface area contributed by atoms with Crippen LogP contribution in [0.15, 0.2) is 28.7 Å². The molecular weight excluding hydrogens is 254 g/mol. The summed E-state index contributed by atoms with van der Waals surface area (Å²) in [4.78, 5) is 13.8. The van der Waals surface area contributed by atoms with Crippen molar-refractivity contribution >= 4 is 16.9 Å². The lowest BCUT2D eigenvalue weighted by Gasteiger charge is -2.14. The molecule has 1 fully saturated rings. The molecule has 0 amide bonds. The summed E-state index contributed by atoms with van der Waals surface area (Å²) >= 11 is 0. The largest absolute Gasteiger partial charge is 0.478 e. The number of hydrogen-bond acceptors (Lipinski definition) is 3. The zero-order valence-electron chi connectivity index (χ0n) is 11.6. The molecule has 0 spiro atoms. The van der Waals surface area contributed by atoms with Crippen molar-refractivity contribution in [3.8, 4) is 0 Å². The Bertz CT molecular complexity index is 632. The lowest BCUT2D eigenvalue weighted by atomic mass is 10.1. The Morgan fingerprint density at radius 2 is 2.25 bits per heavy atom. The van der Waals surface area contributed by atoms with Gasteiger partial charge >= 0.3 is 5.97 Å². The molecule has 1 unspecified atom stereocenters. The van der Waals surface area contributed by atoms with Crippen LogP contribution in [0.2, 0.25) is 0 Å². The van der Waals surface area contributed by atoms with Crippen molar-refractivity contribution in [2.24, 2.45) is 5.92 Å². The van der Waals surface area contributed by atoms with E-state index < -0.39 is 5.97 Å². The Morgan fingerprint density at radius 1 is 1.45 bits per heavy atom. The van der Waals surface area contributed by atoms with Gasteiger partial charge in [-0.25, -0.2) is 4.79 Å². The van der Waals surface area contributed by atoms with Gasteiger partial charge in [0.1, 0.15) is 16.9 Å². The normalized spacial score (nSPS) is 19.8. The van der Waals surface area contributed by atoms with Crippen LogP contribution in [0, 0.1) is 5.92 Å². The van der Waals surface area contributed by atoms with Gasteiger partial charge in [0.05, 0.1) is 6.54 Å². The molecular formula is C16H19NO3. The fourth-order valence-electron chi connectivity index (χ4n) is 3.03. The number of furan rings is 1. The van der Waals surface area contributed by atoms with E-state index in [1.807, 2.05) is 24.3 Å². The van der Waals surface area contributed by atoms with E-state index in [-0.39, 0.29) is 0 Å². The molecule has 2 aromatic rings. The quantitative estimate of drug-likeness (QED) is 0.928. The lowest BCUT2D eigenvalue weighted by molar-refractivity contribution is 0.0694. The summed E-state index contributed by atoms with van der Waals surface area (Å²) in [7, 11) is 0. The van der Waals surface area contributed by atoms with E-state index in [1.54, 1.807) is 0 Å². The molecule has 0 saturated carbocycles. The van der Waals surface area contributed by atoms with E-state index in [4.69, 9.17) is 4.42 Å². The van der Waals surface area contributed by atoms with Crippen LogP contribution in [0.1, 0.15) is 35.9 Å². The monoisotopic (exact) mass is 273 g/mol. The molecule has 4 heteroatoms. The van der Waals surface area contributed by atoms with Crippen LogP contribution in [-0.2, 0) is 6.54 Å². The summed E-state index contributed by atoms with van der Waals surface area (Å²) in [6, 6.07) is 7.34. The maximum Gasteiger partial charge on any atom is 0.339 e. The van der Waals surface area contributed by atoms with E-state index in [0.717, 1.165) is 19.0 Å². The number of rotatable bonds is 4. The highest BCUT2D eigenvalue weighted by Gasteiger charge is 2.26. The molecule has 3 rings (SSSR count). The molecule has 1 N–H and O–H groups in total. The number of para-hydroxylation sites is 1. The summed E-state index contributed by atoms with van der Waals surface area (Å²) in [5.74, 6) is 0.402. The average Bonchev–Trinajstić information content (AvgIpc) is 3.02. The number of carboxylic acid groups (broad SMARTS) is 1. The topological polar surface area (TPSA) is 53.7 Å². The van der Waals surface area contributed by atoms with Crippen molar-refractivity contribution in [3.63, 3.8) is 0 Å². The van der Waals surface area contributed by atoms with Crippen molar-refractivity contribution in [1.29, 1.82) is 0 Å². The number of carbonyl (C=O) groups is 1. The van der Waals surface area contributed by atoms with Crippen LogP contribution >= 0.6 is 0 Å². The maximum atomic E-state index is 11.5. The molecule has 1 aliphatic heterocycles. The number of nitrogens with zero attached hydrogens (tertiary/aromatic N) is 1. The van der Waals surface area contributed by atoms with Crippen molar-refractivity contribution in [1.82, 2.24) is 4.90 Å². The minimum atomic E-state index is -0.906. The lowest BCUT2D eigenvalue weighted by Crippen LogP contribution is -2.20. The third-order valence-electron chi connectivity index (χ3n) is 4.20. The Kier molecular flexibility index (Phi) is 3.49. The van der Waals surface area contributed by atoms with E-state index in [1.165, 1.54) is 12.8 Å². The van der Waals surface area contributed by atoms with Crippen molar-refractivity contribution in [2.75, 3.05) is 13.1 Å². The molecule has 0 bridgehead atoms. The maximum absolute atomic E-state index is 11.5. The molecule has 1 atom stereocenters. The molecule has 4 nitrogen and oxygen atoms in total. The van der Waals surface area contributed by atoms with Gasteiger partial charge in [0, 0.05) is 11.9 Å². The van der Waals surface area contributed by atoms with Gasteiger partial charge in [-0.2, -0.15) is 0 Å². The van der Waals surface area contributed by atoms with Crippen molar-refractivity contribution in [3.05, 3.63) is 35.6 Å². The predicted molar refractivity (Wildman–Crippen MR) is 76.8 cm³/mol. The predicted octanol–water partition coefficient (Wildman–Crippen LogP) is 3.36. The number of aromatic carboxylic acids is 1. The van der Waals surface area contributed by atoms with Gasteiger partial charge in [0.2, 0.25) is 0 Å². The molecule has 1 aliphatic rings. The average molecular weight is 273 g/mol. The Balaban J connectivity index is 1.91. The van der Waals surface area contributed by atoms with Gasteiger partial charge in [-0.15, -0.1) is 0 Å². The fraction of sp³-hybridized carbons (Fsp3) is 0.438. The van der Waals surface area contributed by atoms with Crippen LogP contribution < -0.4 is 0 Å². The van der Waals surface area contributed by atoms with Crippen LogP contribution in [0.5, 0.6) is 0 Å². The number of fused-ring (bicyclic) bond motifs is 1. The van der Waals surface area contributed by atoms with Gasteiger partial charge in [0.15, 0.2) is 0 Å². The molecule has 2 heterocycles. The van der Waals surface area contributed by atoms with Gasteiger partial charge in [-0.05, 0) is 24.9 Å². The first kappa shape index (κ1) is 13.2. The van der Waals surface area contributed by atoms with Crippen LogP contribution in [0.25, 0.3) is 11.0 Å². The molecule has 1 aromatic carbocycles. The molecule has 106 valence electrons. The highest BCUT2D eigenvalue weighted by molar-refractivity contribution is 6.03. The van der Waals surface area contributed by atoms with Gasteiger partial charge < -0.3 is 9.52 Å². The molecule has 20 heavy (non-hydrogen) atoms. The van der Waals surface area contributed by atoms with E-state index >= 15 is 0 Å². The van der Waals surface area contributed by atoms with Crippen molar-refractivity contribution < 1.29 is 14.3 Å². The minimum Gasteiger partial charge on any atom is -0.478 e. The SMILES string of the molecule is CCC1CCN(Cc2oc3ccccc3c2C(=O)O)C1. The van der Waals surface area contributed by atoms with E-state index in [0.29, 0.717) is 28.8 Å². The summed E-state index contributed by atoms with van der Waals surface area (Å²) < 4.78 is 5.77. The summed E-state index contributed by atoms with van der Waals surface area (Å²) in [5.41, 5.74) is 0.978. The molecule has 1 saturated heterocycles. The van der Waals surface area contributed by atoms with E-state index in [9.17, 15) is 9.90 Å². The highest BCUT2D eigenvalue weighted by Crippen LogP contribution is 2.29. The fourth-order valence-corrected chi connectivity index (χ4v) is 3.03. The zero-order chi connectivity index (χ0) is 14.1. The van der Waals surface area contributed by atoms with Crippen LogP contribution in [0.4, 0.5) is 0 Å². The standard InChI is InChI=1S/C16H19NO3/c1-2-11-7-8-17(9-11)10-14-15(16(18)19)12-5-3-4-6-13(12)20-14/h3-6,11H,2,7-10H2,1H3,(H,18,19). The first-order valence-electron chi connectivity index (χ1n) is 7.15. The number of carboxylic acids is 1. The molecule has 1 aromatic heterocycles. The first-order valence-corrected chi connectivity index (χ1v) is 7.15. The highest BCUT2D eigenvalue weighted by atomic mass is 16.4. The third kappa shape index (κ3) is 2.31. The van der Waals surface area contributed by atoms with Gasteiger partial charge in [-0.1, -0.05) is 31.5 Å². The summed E-state index contributed by atoms with van der Waals surface area (Å²) in [6.07, 6.45) is 2.38. The smallest absolute Gasteiger partial charge is 0.339 e. The summed E-state index contributed by atoms with van der Waals surface area (Å²) in [5, 5.41) is 10.1. The third-order valence-corrected chi connectivity index (χ3v) is 4.20. The van der Waals surface area contributed by atoms with Gasteiger partial charge in [0.25, 0.3) is 0 Å². The second-order valence-electron chi connectivity index (χ2n) is 5.50. The first-order chi connectivity index (χ1) is 9.69. The minimum absolute atomic E-state index is 0.320. The van der Waals surface area contributed by atoms with Crippen LogP contribution in [0.3, 0.4) is 0 Å². The van der Waals surface area contributed by atoms with Gasteiger partial charge in [-0.3, -0.25) is 4.90 Å². The second kappa shape index (κ2) is 5.29. The molecule has 0 radical (unpaired) electrons. The molecule has 0 aliphatic carbocycles. The van der Waals surface area contributed by atoms with Crippen LogP contribution in [-0.4, -0.2) is 29.1 Å². The van der Waals surface area contributed by atoms with Crippen molar-refractivity contribution in [2.45, 2.75) is 26.3 Å². The Labute approximate surface area is 118 Å². The Morgan fingerprint density at radius 3 is 2.95 bits per heavy atom. The Hall–Kier alpha value is -1.81. The van der Waals surface area contributed by atoms with E-state index in [2.05, 4.69) is 11.8 Å². The number of hydrogen-bond donors (Lipinski definition) is 1. The zero-order valence-corrected chi connectivity index (χ0v) is 11.6. The number of benzene rings is 1. The second-order valence-corrected chi connectivity index (χ2v) is 5.50.